The predicted molar refractivity (Wildman–Crippen MR) is 80.6 cm³/mol. The van der Waals surface area contributed by atoms with Gasteiger partial charge in [-0.2, -0.15) is 11.8 Å². The Labute approximate surface area is 121 Å². The minimum Gasteiger partial charge on any atom is -0.395 e. The SMILES string of the molecule is CS[C@@H](CO)[C@H](C)Nc1ccc([N+](=O)[O-])cc1C(C)=O. The zero-order chi connectivity index (χ0) is 15.3. The van der Waals surface area contributed by atoms with Crippen molar-refractivity contribution in [3.63, 3.8) is 0 Å². The fourth-order valence-electron chi connectivity index (χ4n) is 1.84. The lowest BCUT2D eigenvalue weighted by atomic mass is 10.1. The molecule has 0 spiro atoms. The van der Waals surface area contributed by atoms with Gasteiger partial charge in [-0.05, 0) is 26.2 Å². The second-order valence-electron chi connectivity index (χ2n) is 4.43. The number of nitro groups is 1. The summed E-state index contributed by atoms with van der Waals surface area (Å²) in [4.78, 5) is 21.8. The lowest BCUT2D eigenvalue weighted by molar-refractivity contribution is -0.384. The molecular formula is C13H18N2O4S. The van der Waals surface area contributed by atoms with Crippen LogP contribution in [0.15, 0.2) is 18.2 Å². The summed E-state index contributed by atoms with van der Waals surface area (Å²) in [5, 5.41) is 23.1. The molecule has 1 rings (SSSR count). The molecule has 0 aliphatic carbocycles. The van der Waals surface area contributed by atoms with Crippen molar-refractivity contribution in [2.45, 2.75) is 25.1 Å². The first-order valence-corrected chi connectivity index (χ1v) is 7.39. The Morgan fingerprint density at radius 1 is 1.55 bits per heavy atom. The van der Waals surface area contributed by atoms with E-state index in [1.807, 2.05) is 13.2 Å². The Morgan fingerprint density at radius 3 is 2.65 bits per heavy atom. The molecule has 0 heterocycles. The molecule has 0 saturated heterocycles. The number of aliphatic hydroxyl groups is 1. The lowest BCUT2D eigenvalue weighted by Gasteiger charge is -2.23. The molecule has 1 aromatic carbocycles. The first-order valence-electron chi connectivity index (χ1n) is 6.10. The van der Waals surface area contributed by atoms with Crippen LogP contribution in [0.1, 0.15) is 24.2 Å². The molecule has 110 valence electrons. The van der Waals surface area contributed by atoms with Crippen LogP contribution in [-0.4, -0.2) is 40.0 Å². The van der Waals surface area contributed by atoms with Crippen molar-refractivity contribution in [3.05, 3.63) is 33.9 Å². The Morgan fingerprint density at radius 2 is 2.20 bits per heavy atom. The van der Waals surface area contributed by atoms with E-state index < -0.39 is 4.92 Å². The summed E-state index contributed by atoms with van der Waals surface area (Å²) in [5.41, 5.74) is 0.712. The van der Waals surface area contributed by atoms with Crippen molar-refractivity contribution in [1.82, 2.24) is 0 Å². The van der Waals surface area contributed by atoms with Crippen molar-refractivity contribution in [2.75, 3.05) is 18.2 Å². The molecule has 0 fully saturated rings. The zero-order valence-electron chi connectivity index (χ0n) is 11.6. The van der Waals surface area contributed by atoms with Gasteiger partial charge >= 0.3 is 0 Å². The van der Waals surface area contributed by atoms with Crippen LogP contribution in [0.2, 0.25) is 0 Å². The highest BCUT2D eigenvalue weighted by Crippen LogP contribution is 2.25. The van der Waals surface area contributed by atoms with Crippen molar-refractivity contribution in [1.29, 1.82) is 0 Å². The fraction of sp³-hybridized carbons (Fsp3) is 0.462. The van der Waals surface area contributed by atoms with Gasteiger partial charge < -0.3 is 10.4 Å². The van der Waals surface area contributed by atoms with Crippen LogP contribution in [0, 0.1) is 10.1 Å². The first-order chi connectivity index (χ1) is 9.40. The van der Waals surface area contributed by atoms with Crippen LogP contribution in [0.3, 0.4) is 0 Å². The van der Waals surface area contributed by atoms with Gasteiger partial charge in [-0.15, -0.1) is 0 Å². The summed E-state index contributed by atoms with van der Waals surface area (Å²) in [7, 11) is 0. The second kappa shape index (κ2) is 7.25. The number of benzene rings is 1. The number of thioether (sulfide) groups is 1. The molecule has 6 nitrogen and oxygen atoms in total. The van der Waals surface area contributed by atoms with Crippen LogP contribution in [0.5, 0.6) is 0 Å². The van der Waals surface area contributed by atoms with Gasteiger partial charge in [-0.3, -0.25) is 14.9 Å². The van der Waals surface area contributed by atoms with Gasteiger partial charge in [-0.25, -0.2) is 0 Å². The number of carbonyl (C=O) groups is 1. The molecule has 20 heavy (non-hydrogen) atoms. The summed E-state index contributed by atoms with van der Waals surface area (Å²) in [5.74, 6) is -0.242. The van der Waals surface area contributed by atoms with Crippen LogP contribution in [0.25, 0.3) is 0 Å². The molecule has 0 unspecified atom stereocenters. The Balaban J connectivity index is 3.06. The molecule has 2 atom stereocenters. The number of non-ortho nitro benzene ring substituents is 1. The normalized spacial score (nSPS) is 13.6. The third kappa shape index (κ3) is 3.94. The van der Waals surface area contributed by atoms with Gasteiger partial charge in [0.05, 0.1) is 11.5 Å². The van der Waals surface area contributed by atoms with Gasteiger partial charge in [0.2, 0.25) is 0 Å². The van der Waals surface area contributed by atoms with Crippen LogP contribution in [0.4, 0.5) is 11.4 Å². The number of anilines is 1. The highest BCUT2D eigenvalue weighted by Gasteiger charge is 2.19. The van der Waals surface area contributed by atoms with Crippen molar-refractivity contribution >= 4 is 28.9 Å². The van der Waals surface area contributed by atoms with Crippen molar-refractivity contribution < 1.29 is 14.8 Å². The van der Waals surface area contributed by atoms with E-state index in [0.29, 0.717) is 5.69 Å². The van der Waals surface area contributed by atoms with E-state index in [-0.39, 0.29) is 34.9 Å². The largest absolute Gasteiger partial charge is 0.395 e. The summed E-state index contributed by atoms with van der Waals surface area (Å²) in [6.45, 7) is 3.27. The molecule has 0 bridgehead atoms. The third-order valence-corrected chi connectivity index (χ3v) is 4.18. The van der Waals surface area contributed by atoms with Gasteiger partial charge in [0.15, 0.2) is 5.78 Å². The highest BCUT2D eigenvalue weighted by atomic mass is 32.2. The Hall–Kier alpha value is -1.60. The zero-order valence-corrected chi connectivity index (χ0v) is 12.4. The topological polar surface area (TPSA) is 92.5 Å². The van der Waals surface area contributed by atoms with E-state index in [4.69, 9.17) is 0 Å². The van der Waals surface area contributed by atoms with E-state index in [1.54, 1.807) is 0 Å². The first kappa shape index (κ1) is 16.5. The minimum absolute atomic E-state index is 0.0116. The number of rotatable bonds is 7. The van der Waals surface area contributed by atoms with Crippen LogP contribution < -0.4 is 5.32 Å². The minimum atomic E-state index is -0.530. The quantitative estimate of drug-likeness (QED) is 0.456. The Bertz CT molecular complexity index is 503. The van der Waals surface area contributed by atoms with Gasteiger partial charge in [0.25, 0.3) is 5.69 Å². The van der Waals surface area contributed by atoms with Crippen LogP contribution in [-0.2, 0) is 0 Å². The summed E-state index contributed by atoms with van der Waals surface area (Å²) < 4.78 is 0. The highest BCUT2D eigenvalue weighted by molar-refractivity contribution is 7.99. The third-order valence-electron chi connectivity index (χ3n) is 3.02. The second-order valence-corrected chi connectivity index (χ2v) is 5.51. The maximum absolute atomic E-state index is 11.6. The number of carbonyl (C=O) groups excluding carboxylic acids is 1. The predicted octanol–water partition coefficient (Wildman–Crippen LogP) is 2.32. The number of hydrogen-bond acceptors (Lipinski definition) is 6. The summed E-state index contributed by atoms with van der Waals surface area (Å²) in [6, 6.07) is 4.08. The number of Topliss-reactive ketones (excluding diaryl/α,β-unsaturated/α-hetero) is 1. The molecule has 7 heteroatoms. The fourth-order valence-corrected chi connectivity index (χ4v) is 2.46. The molecule has 0 saturated carbocycles. The van der Waals surface area contributed by atoms with E-state index in [1.165, 1.54) is 36.9 Å². The van der Waals surface area contributed by atoms with Crippen LogP contribution >= 0.6 is 11.8 Å². The number of nitro benzene ring substituents is 1. The van der Waals surface area contributed by atoms with E-state index in [9.17, 15) is 20.0 Å². The molecular weight excluding hydrogens is 280 g/mol. The number of nitrogens with zero attached hydrogens (tertiary/aromatic N) is 1. The summed E-state index contributed by atoms with van der Waals surface area (Å²) >= 11 is 1.51. The molecule has 0 aromatic heterocycles. The molecule has 2 N–H and O–H groups in total. The molecule has 1 aromatic rings. The van der Waals surface area contributed by atoms with E-state index in [2.05, 4.69) is 5.32 Å². The van der Waals surface area contributed by atoms with E-state index in [0.717, 1.165) is 0 Å². The smallest absolute Gasteiger partial charge is 0.270 e. The van der Waals surface area contributed by atoms with Crippen molar-refractivity contribution in [3.8, 4) is 0 Å². The van der Waals surface area contributed by atoms with E-state index >= 15 is 0 Å². The summed E-state index contributed by atoms with van der Waals surface area (Å²) in [6.07, 6.45) is 1.89. The number of nitrogens with one attached hydrogen (secondary N) is 1. The lowest BCUT2D eigenvalue weighted by Crippen LogP contribution is -2.31. The molecule has 0 radical (unpaired) electrons. The molecule has 0 aliphatic rings. The number of ketones is 1. The maximum Gasteiger partial charge on any atom is 0.270 e. The average Bonchev–Trinajstić information content (AvgIpc) is 2.39. The monoisotopic (exact) mass is 298 g/mol. The number of aliphatic hydroxyl groups excluding tert-OH is 1. The average molecular weight is 298 g/mol. The van der Waals surface area contributed by atoms with Crippen molar-refractivity contribution in [2.24, 2.45) is 0 Å². The van der Waals surface area contributed by atoms with Gasteiger partial charge in [0, 0.05) is 34.7 Å². The Kier molecular flexibility index (Phi) is 5.97. The molecule has 0 amide bonds. The van der Waals surface area contributed by atoms with Gasteiger partial charge in [-0.1, -0.05) is 0 Å². The molecule has 0 aliphatic heterocycles. The maximum atomic E-state index is 11.6. The number of hydrogen-bond donors (Lipinski definition) is 2. The standard InChI is InChI=1S/C13H18N2O4S/c1-8(13(7-16)20-3)14-12-5-4-10(15(18)19)6-11(12)9(2)17/h4-6,8,13-14,16H,7H2,1-3H3/t8-,13-/m0/s1. The van der Waals surface area contributed by atoms with Gasteiger partial charge in [0.1, 0.15) is 0 Å².